The van der Waals surface area contributed by atoms with Crippen molar-refractivity contribution >= 4 is 12.2 Å². The highest BCUT2D eigenvalue weighted by Crippen LogP contribution is 2.31. The van der Waals surface area contributed by atoms with Gasteiger partial charge in [0.1, 0.15) is 17.5 Å². The number of carbonyl (C=O) groups is 1. The smallest absolute Gasteiger partial charge is 0.215 e. The van der Waals surface area contributed by atoms with E-state index >= 15 is 0 Å². The van der Waals surface area contributed by atoms with Gasteiger partial charge in [0, 0.05) is 26.2 Å². The van der Waals surface area contributed by atoms with Crippen molar-refractivity contribution < 1.29 is 19.7 Å². The van der Waals surface area contributed by atoms with Crippen molar-refractivity contribution in [2.24, 2.45) is 16.5 Å². The summed E-state index contributed by atoms with van der Waals surface area (Å²) in [5.74, 6) is 0.228. The molecule has 0 aliphatic carbocycles. The lowest BCUT2D eigenvalue weighted by Crippen LogP contribution is -2.43. The van der Waals surface area contributed by atoms with Crippen LogP contribution < -0.4 is 11.5 Å². The van der Waals surface area contributed by atoms with Crippen LogP contribution in [-0.2, 0) is 9.53 Å². The van der Waals surface area contributed by atoms with Crippen LogP contribution in [0.1, 0.15) is 6.42 Å². The van der Waals surface area contributed by atoms with E-state index in [1.54, 1.807) is 0 Å². The quantitative estimate of drug-likeness (QED) is 0.245. The maximum absolute atomic E-state index is 11.0. The highest BCUT2D eigenvalue weighted by Gasteiger charge is 2.46. The predicted molar refractivity (Wildman–Crippen MR) is 69.0 cm³/mol. The molecule has 1 amide bonds. The first-order valence-corrected chi connectivity index (χ1v) is 5.82. The monoisotopic (exact) mass is 272 g/mol. The van der Waals surface area contributed by atoms with E-state index in [1.807, 2.05) is 0 Å². The molecule has 0 aromatic rings. The van der Waals surface area contributed by atoms with Crippen LogP contribution in [0.25, 0.3) is 0 Å². The molecule has 6 N–H and O–H groups in total. The summed E-state index contributed by atoms with van der Waals surface area (Å²) in [7, 11) is 1.51. The van der Waals surface area contributed by atoms with Crippen molar-refractivity contribution in [1.29, 1.82) is 0 Å². The zero-order valence-corrected chi connectivity index (χ0v) is 10.8. The van der Waals surface area contributed by atoms with E-state index in [0.717, 1.165) is 4.90 Å². The van der Waals surface area contributed by atoms with Gasteiger partial charge in [0.25, 0.3) is 0 Å². The summed E-state index contributed by atoms with van der Waals surface area (Å²) in [5, 5.41) is 19.2. The van der Waals surface area contributed by atoms with E-state index < -0.39 is 17.9 Å². The molecule has 0 aromatic carbocycles. The molecule has 0 radical (unpaired) electrons. The third-order valence-electron chi connectivity index (χ3n) is 3.03. The average molecular weight is 272 g/mol. The van der Waals surface area contributed by atoms with Gasteiger partial charge in [-0.2, -0.15) is 0 Å². The molecule has 0 aromatic heterocycles. The largest absolute Gasteiger partial charge is 0.393 e. The van der Waals surface area contributed by atoms with Gasteiger partial charge in [-0.3, -0.25) is 14.7 Å². The fourth-order valence-electron chi connectivity index (χ4n) is 1.84. The Morgan fingerprint density at radius 1 is 1.68 bits per heavy atom. The molecule has 2 unspecified atom stereocenters. The first kappa shape index (κ1) is 15.6. The number of rotatable bonds is 6. The lowest BCUT2D eigenvalue weighted by Gasteiger charge is -2.27. The molecular weight excluding hydrogens is 252 g/mol. The maximum atomic E-state index is 11.0. The molecule has 19 heavy (non-hydrogen) atoms. The minimum atomic E-state index is -1.02. The van der Waals surface area contributed by atoms with Gasteiger partial charge in [0.2, 0.25) is 6.41 Å². The number of amidine groups is 1. The van der Waals surface area contributed by atoms with Gasteiger partial charge in [-0.15, -0.1) is 0 Å². The molecule has 1 aliphatic heterocycles. The second kappa shape index (κ2) is 6.62. The van der Waals surface area contributed by atoms with Crippen LogP contribution in [0.5, 0.6) is 0 Å². The van der Waals surface area contributed by atoms with Crippen molar-refractivity contribution in [3.8, 4) is 0 Å². The van der Waals surface area contributed by atoms with Crippen molar-refractivity contribution in [3.05, 3.63) is 12.3 Å². The third kappa shape index (κ3) is 3.51. The summed E-state index contributed by atoms with van der Waals surface area (Å²) < 4.78 is 5.52. The SMILES string of the molecule is CN=C(N)/C=C\N(C=O)C1O[C@](CN)(CO)CC1O. The first-order chi connectivity index (χ1) is 9.01. The van der Waals surface area contributed by atoms with E-state index in [-0.39, 0.29) is 25.4 Å². The van der Waals surface area contributed by atoms with Gasteiger partial charge < -0.3 is 26.4 Å². The maximum Gasteiger partial charge on any atom is 0.215 e. The van der Waals surface area contributed by atoms with E-state index in [1.165, 1.54) is 19.3 Å². The fourth-order valence-corrected chi connectivity index (χ4v) is 1.84. The van der Waals surface area contributed by atoms with Crippen LogP contribution in [0.15, 0.2) is 17.3 Å². The summed E-state index contributed by atoms with van der Waals surface area (Å²) in [6, 6.07) is 0. The number of amides is 1. The van der Waals surface area contributed by atoms with Gasteiger partial charge in [-0.1, -0.05) is 0 Å². The molecule has 1 aliphatic rings. The number of aliphatic hydroxyl groups is 2. The molecule has 0 spiro atoms. The average Bonchev–Trinajstić information content (AvgIpc) is 2.77. The van der Waals surface area contributed by atoms with Crippen molar-refractivity contribution in [1.82, 2.24) is 4.90 Å². The van der Waals surface area contributed by atoms with Crippen molar-refractivity contribution in [2.75, 3.05) is 20.2 Å². The number of ether oxygens (including phenoxy) is 1. The number of hydrogen-bond acceptors (Lipinski definition) is 6. The topological polar surface area (TPSA) is 134 Å². The summed E-state index contributed by atoms with van der Waals surface area (Å²) in [4.78, 5) is 15.9. The van der Waals surface area contributed by atoms with Crippen LogP contribution in [0.3, 0.4) is 0 Å². The molecule has 108 valence electrons. The van der Waals surface area contributed by atoms with Crippen LogP contribution in [0.4, 0.5) is 0 Å². The highest BCUT2D eigenvalue weighted by molar-refractivity contribution is 5.91. The Morgan fingerprint density at radius 2 is 2.37 bits per heavy atom. The summed E-state index contributed by atoms with van der Waals surface area (Å²) in [5.41, 5.74) is 9.98. The highest BCUT2D eigenvalue weighted by atomic mass is 16.6. The Morgan fingerprint density at radius 3 is 2.79 bits per heavy atom. The standard InChI is InChI=1S/C11H20N4O4/c1-14-9(13)2-3-15(7-17)10-8(18)4-11(5-12,6-16)19-10/h2-3,7-8,10,16,18H,4-6,12H2,1H3,(H2,13,14)/b3-2-/t8?,10?,11-/m1/s1. The molecule has 1 rings (SSSR count). The fraction of sp³-hybridized carbons (Fsp3) is 0.636. The Hall–Kier alpha value is -1.48. The lowest BCUT2D eigenvalue weighted by molar-refractivity contribution is -0.144. The van der Waals surface area contributed by atoms with E-state index in [2.05, 4.69) is 4.99 Å². The molecule has 8 heteroatoms. The van der Waals surface area contributed by atoms with E-state index in [0.29, 0.717) is 6.41 Å². The lowest BCUT2D eigenvalue weighted by atomic mass is 10.0. The zero-order valence-electron chi connectivity index (χ0n) is 10.8. The minimum absolute atomic E-state index is 0.0476. The van der Waals surface area contributed by atoms with Gasteiger partial charge >= 0.3 is 0 Å². The van der Waals surface area contributed by atoms with Gasteiger partial charge in [-0.25, -0.2) is 0 Å². The van der Waals surface area contributed by atoms with Gasteiger partial charge in [-0.05, 0) is 6.08 Å². The molecule has 3 atom stereocenters. The summed E-state index contributed by atoms with van der Waals surface area (Å²) in [6.45, 7) is -0.280. The first-order valence-electron chi connectivity index (χ1n) is 5.82. The summed E-state index contributed by atoms with van der Waals surface area (Å²) >= 11 is 0. The number of nitrogens with two attached hydrogens (primary N) is 2. The number of nitrogens with zero attached hydrogens (tertiary/aromatic N) is 2. The third-order valence-corrected chi connectivity index (χ3v) is 3.03. The summed E-state index contributed by atoms with van der Waals surface area (Å²) in [6.07, 6.45) is 1.57. The van der Waals surface area contributed by atoms with Crippen molar-refractivity contribution in [2.45, 2.75) is 24.4 Å². The minimum Gasteiger partial charge on any atom is -0.393 e. The van der Waals surface area contributed by atoms with Crippen LogP contribution >= 0.6 is 0 Å². The van der Waals surface area contributed by atoms with E-state index in [4.69, 9.17) is 16.2 Å². The number of carbonyl (C=O) groups excluding carboxylic acids is 1. The number of aliphatic hydroxyl groups excluding tert-OH is 2. The van der Waals surface area contributed by atoms with Gasteiger partial charge in [0.05, 0.1) is 6.61 Å². The molecule has 0 saturated carbocycles. The predicted octanol–water partition coefficient (Wildman–Crippen LogP) is -2.26. The van der Waals surface area contributed by atoms with Crippen LogP contribution in [-0.4, -0.2) is 65.5 Å². The molecule has 1 fully saturated rings. The van der Waals surface area contributed by atoms with Gasteiger partial charge in [0.15, 0.2) is 6.23 Å². The normalized spacial score (nSPS) is 31.9. The second-order valence-corrected chi connectivity index (χ2v) is 4.34. The Bertz CT molecular complexity index is 368. The second-order valence-electron chi connectivity index (χ2n) is 4.34. The number of hydrogen-bond donors (Lipinski definition) is 4. The molecular formula is C11H20N4O4. The Balaban J connectivity index is 2.83. The number of aliphatic imine (C=N–C) groups is 1. The van der Waals surface area contributed by atoms with Crippen LogP contribution in [0.2, 0.25) is 0 Å². The molecule has 1 saturated heterocycles. The molecule has 8 nitrogen and oxygen atoms in total. The molecule has 1 heterocycles. The van der Waals surface area contributed by atoms with E-state index in [9.17, 15) is 15.0 Å². The Kier molecular flexibility index (Phi) is 5.43. The molecule has 0 bridgehead atoms. The zero-order chi connectivity index (χ0) is 14.5. The van der Waals surface area contributed by atoms with Crippen molar-refractivity contribution in [3.63, 3.8) is 0 Å². The van der Waals surface area contributed by atoms with Crippen LogP contribution in [0, 0.1) is 0 Å². The Labute approximate surface area is 111 Å².